The van der Waals surface area contributed by atoms with E-state index in [-0.39, 0.29) is 95.7 Å². The summed E-state index contributed by atoms with van der Waals surface area (Å²) in [5.41, 5.74) is 0. The van der Waals surface area contributed by atoms with Crippen LogP contribution in [0.4, 0.5) is 0 Å². The quantitative estimate of drug-likeness (QED) is 0.342. The van der Waals surface area contributed by atoms with E-state index in [0.29, 0.717) is 0 Å². The van der Waals surface area contributed by atoms with Crippen LogP contribution in [-0.4, -0.2) is 26.2 Å². The normalized spacial score (nSPS) is 0. The van der Waals surface area contributed by atoms with E-state index in [1.54, 1.807) is 0 Å². The van der Waals surface area contributed by atoms with Gasteiger partial charge in [0.2, 0.25) is 0 Å². The molecule has 0 aliphatic heterocycles. The van der Waals surface area contributed by atoms with Crippen LogP contribution in [-0.2, 0) is 69.5 Å². The van der Waals surface area contributed by atoms with Crippen LogP contribution in [0.5, 0.6) is 0 Å². The van der Waals surface area contributed by atoms with Crippen LogP contribution < -0.4 is 0 Å². The van der Waals surface area contributed by atoms with Crippen LogP contribution in [0.15, 0.2) is 0 Å². The fourth-order valence-corrected chi connectivity index (χ4v) is 0. The molecule has 0 amide bonds. The standard InChI is InChI=1S/Ag.Bi.Hg.Zn. The van der Waals surface area contributed by atoms with E-state index in [1.165, 1.54) is 0 Å². The summed E-state index contributed by atoms with van der Waals surface area (Å²) in [5, 5.41) is 0. The molecule has 0 aromatic rings. The zero-order valence-electron chi connectivity index (χ0n) is 2.16. The minimum atomic E-state index is 0. The molecule has 0 saturated carbocycles. The van der Waals surface area contributed by atoms with Gasteiger partial charge in [-0.05, 0) is 0 Å². The first-order valence-electron chi connectivity index (χ1n) is 0. The summed E-state index contributed by atoms with van der Waals surface area (Å²) >= 11 is 0. The Morgan fingerprint density at radius 2 is 1.00 bits per heavy atom. The Kier molecular flexibility index (Phi) is 111. The van der Waals surface area contributed by atoms with Crippen LogP contribution in [0.3, 0.4) is 0 Å². The van der Waals surface area contributed by atoms with Crippen molar-refractivity contribution in [2.24, 2.45) is 0 Å². The van der Waals surface area contributed by atoms with Gasteiger partial charge in [0, 0.05) is 95.7 Å². The van der Waals surface area contributed by atoms with E-state index < -0.39 is 0 Å². The van der Waals surface area contributed by atoms with Crippen molar-refractivity contribution in [3.8, 4) is 0 Å². The Morgan fingerprint density at radius 1 is 1.00 bits per heavy atom. The molecule has 0 aromatic heterocycles. The van der Waals surface area contributed by atoms with E-state index in [1.807, 2.05) is 0 Å². The second-order valence-electron chi connectivity index (χ2n) is 0. The van der Waals surface area contributed by atoms with Crippen LogP contribution in [0.25, 0.3) is 0 Å². The minimum Gasteiger partial charge on any atom is 0 e. The van der Waals surface area contributed by atoms with Gasteiger partial charge in [-0.25, -0.2) is 0 Å². The molecule has 0 atom stereocenters. The topological polar surface area (TPSA) is 0 Å². The summed E-state index contributed by atoms with van der Waals surface area (Å²) in [7, 11) is 0. The molecule has 0 saturated heterocycles. The molecule has 0 unspecified atom stereocenters. The van der Waals surface area contributed by atoms with Gasteiger partial charge in [-0.15, -0.1) is 0 Å². The van der Waals surface area contributed by atoms with Gasteiger partial charge in [0.1, 0.15) is 0 Å². The fraction of sp³-hybridized carbons (Fsp3) is 0. The average molecular weight is 583 g/mol. The molecule has 0 heterocycles. The van der Waals surface area contributed by atoms with Crippen molar-refractivity contribution in [1.82, 2.24) is 0 Å². The summed E-state index contributed by atoms with van der Waals surface area (Å²) in [6.45, 7) is 0. The predicted molar refractivity (Wildman–Crippen MR) is 5.75 cm³/mol. The van der Waals surface area contributed by atoms with E-state index in [9.17, 15) is 0 Å². The SMILES string of the molecule is [Ag].[Bi].[Hg].[Zn]. The second kappa shape index (κ2) is 16.4. The Morgan fingerprint density at radius 3 is 1.00 bits per heavy atom. The Labute approximate surface area is 93.8 Å². The number of hydrogen-bond donors (Lipinski definition) is 0. The Hall–Kier alpha value is 3.18. The van der Waals surface area contributed by atoms with Crippen molar-refractivity contribution in [2.45, 2.75) is 0 Å². The van der Waals surface area contributed by atoms with Crippen molar-refractivity contribution < 1.29 is 69.5 Å². The summed E-state index contributed by atoms with van der Waals surface area (Å²) in [6.07, 6.45) is 0. The Bertz CT molecular complexity index is 8.00. The van der Waals surface area contributed by atoms with Gasteiger partial charge in [-0.1, -0.05) is 0 Å². The summed E-state index contributed by atoms with van der Waals surface area (Å²) < 4.78 is 0. The molecule has 0 bridgehead atoms. The van der Waals surface area contributed by atoms with Crippen LogP contribution in [0, 0.1) is 0 Å². The van der Waals surface area contributed by atoms with Crippen LogP contribution >= 0.6 is 0 Å². The maximum Gasteiger partial charge on any atom is 0 e. The van der Waals surface area contributed by atoms with E-state index in [0.717, 1.165) is 0 Å². The minimum absolute atomic E-state index is 0. The van der Waals surface area contributed by atoms with Crippen molar-refractivity contribution in [3.63, 3.8) is 0 Å². The van der Waals surface area contributed by atoms with E-state index in [4.69, 9.17) is 0 Å². The first-order chi connectivity index (χ1) is 0. The largest absolute Gasteiger partial charge is 0 e. The molecule has 0 aliphatic rings. The third-order valence-electron chi connectivity index (χ3n) is 0. The van der Waals surface area contributed by atoms with Gasteiger partial charge >= 0.3 is 0 Å². The zero-order valence-corrected chi connectivity index (χ0v) is 15.6. The van der Waals surface area contributed by atoms with Crippen molar-refractivity contribution in [1.29, 1.82) is 0 Å². The molecule has 0 spiro atoms. The van der Waals surface area contributed by atoms with Crippen molar-refractivity contribution >= 4 is 26.2 Å². The molecule has 0 aliphatic carbocycles. The maximum absolute atomic E-state index is 0. The fourth-order valence-electron chi connectivity index (χ4n) is 0. The maximum atomic E-state index is 0. The summed E-state index contributed by atoms with van der Waals surface area (Å²) in [4.78, 5) is 0. The molecule has 0 rings (SSSR count). The van der Waals surface area contributed by atoms with Gasteiger partial charge in [-0.2, -0.15) is 0 Å². The smallest absolute Gasteiger partial charge is 0 e. The van der Waals surface area contributed by atoms with Crippen LogP contribution in [0.1, 0.15) is 0 Å². The van der Waals surface area contributed by atoms with Crippen molar-refractivity contribution in [3.05, 3.63) is 0 Å². The third-order valence-corrected chi connectivity index (χ3v) is 0. The molecular formula is AgBiHgZn. The van der Waals surface area contributed by atoms with Gasteiger partial charge < -0.3 is 0 Å². The van der Waals surface area contributed by atoms with Gasteiger partial charge in [-0.3, -0.25) is 0 Å². The molecule has 20 valence electrons. The molecule has 4 heavy (non-hydrogen) atoms. The summed E-state index contributed by atoms with van der Waals surface area (Å²) in [5.74, 6) is 0. The molecule has 0 N–H and O–H groups in total. The molecule has 4 radical (unpaired) electrons. The molecule has 0 nitrogen and oxygen atoms in total. The first-order valence-corrected chi connectivity index (χ1v) is 0. The summed E-state index contributed by atoms with van der Waals surface area (Å²) in [6, 6.07) is 0. The first kappa shape index (κ1) is 27.1. The number of rotatable bonds is 0. The molecule has 0 aromatic carbocycles. The van der Waals surface area contributed by atoms with Crippen molar-refractivity contribution in [2.75, 3.05) is 0 Å². The molecule has 0 fully saturated rings. The monoisotopic (exact) mass is 582 g/mol. The third kappa shape index (κ3) is 8.95. The van der Waals surface area contributed by atoms with Crippen LogP contribution in [0.2, 0.25) is 0 Å². The Balaban J connectivity index is 0. The predicted octanol–water partition coefficient (Wildman–Crippen LogP) is -0.388. The average Bonchev–Trinajstić information content (AvgIpc) is 0. The molecule has 4 heteroatoms. The second-order valence-corrected chi connectivity index (χ2v) is 0. The van der Waals surface area contributed by atoms with Gasteiger partial charge in [0.05, 0.1) is 0 Å². The van der Waals surface area contributed by atoms with E-state index in [2.05, 4.69) is 0 Å². The van der Waals surface area contributed by atoms with Gasteiger partial charge in [0.25, 0.3) is 0 Å². The molecular weight excluding hydrogens is 583 g/mol. The van der Waals surface area contributed by atoms with Gasteiger partial charge in [0.15, 0.2) is 0 Å². The van der Waals surface area contributed by atoms with E-state index >= 15 is 0 Å². The zero-order chi connectivity index (χ0) is 0. The number of hydrogen-bond acceptors (Lipinski definition) is 0.